The van der Waals surface area contributed by atoms with E-state index >= 15 is 0 Å². The number of nitrogens with zero attached hydrogens (tertiary/aromatic N) is 2. The molecule has 0 spiro atoms. The summed E-state index contributed by atoms with van der Waals surface area (Å²) in [7, 11) is 4.78. The van der Waals surface area contributed by atoms with Crippen LogP contribution >= 0.6 is 11.8 Å². The molecule has 0 radical (unpaired) electrons. The Morgan fingerprint density at radius 1 is 0.919 bits per heavy atom. The van der Waals surface area contributed by atoms with Gasteiger partial charge in [-0.25, -0.2) is 4.99 Å². The molecule has 1 saturated heterocycles. The summed E-state index contributed by atoms with van der Waals surface area (Å²) >= 11 is 1.30. The zero-order valence-electron chi connectivity index (χ0n) is 21.0. The number of ether oxygens (including phenoxy) is 3. The zero-order valence-corrected chi connectivity index (χ0v) is 21.8. The third kappa shape index (κ3) is 6.62. The molecule has 2 amide bonds. The number of anilines is 1. The number of methoxy groups -OCH3 is 3. The smallest absolute Gasteiger partial charge is 0.242 e. The molecule has 0 saturated carbocycles. The summed E-state index contributed by atoms with van der Waals surface area (Å²) in [6.07, 6.45) is 0.653. The van der Waals surface area contributed by atoms with Crippen LogP contribution in [0.1, 0.15) is 12.0 Å². The standard InChI is InChI=1S/C28H29N3O5S/c1-34-21-12-8-19(9-13-21)16-17-31-27(33)25(18-26(32)30-23-6-4-5-7-24(23)36-3)37-28(31)29-20-10-14-22(35-2)15-11-20/h4-15,25H,16-18H2,1-3H3,(H,30,32)/t25-/m1/s1. The number of benzene rings is 3. The van der Waals surface area contributed by atoms with Gasteiger partial charge in [-0.3, -0.25) is 14.5 Å². The molecule has 1 aliphatic rings. The lowest BCUT2D eigenvalue weighted by Crippen LogP contribution is -2.35. The fourth-order valence-corrected chi connectivity index (χ4v) is 5.03. The van der Waals surface area contributed by atoms with Crippen LogP contribution in [0.25, 0.3) is 0 Å². The molecule has 1 N–H and O–H groups in total. The van der Waals surface area contributed by atoms with E-state index in [1.165, 1.54) is 11.8 Å². The highest BCUT2D eigenvalue weighted by molar-refractivity contribution is 8.15. The third-order valence-corrected chi connectivity index (χ3v) is 7.03. The third-order valence-electron chi connectivity index (χ3n) is 5.85. The number of hydrogen-bond acceptors (Lipinski definition) is 7. The van der Waals surface area contributed by atoms with Crippen LogP contribution in [0.2, 0.25) is 0 Å². The van der Waals surface area contributed by atoms with E-state index in [1.54, 1.807) is 38.4 Å². The molecule has 3 aromatic rings. The minimum atomic E-state index is -0.581. The maximum absolute atomic E-state index is 13.4. The highest BCUT2D eigenvalue weighted by Crippen LogP contribution is 2.33. The molecule has 1 atom stereocenters. The van der Waals surface area contributed by atoms with Gasteiger partial charge < -0.3 is 19.5 Å². The van der Waals surface area contributed by atoms with Crippen molar-refractivity contribution in [3.8, 4) is 17.2 Å². The fraction of sp³-hybridized carbons (Fsp3) is 0.250. The number of hydrogen-bond donors (Lipinski definition) is 1. The van der Waals surface area contributed by atoms with Crippen LogP contribution in [-0.2, 0) is 16.0 Å². The van der Waals surface area contributed by atoms with Gasteiger partial charge >= 0.3 is 0 Å². The Balaban J connectivity index is 1.51. The summed E-state index contributed by atoms with van der Waals surface area (Å²) in [4.78, 5) is 32.7. The van der Waals surface area contributed by atoms with E-state index in [0.717, 1.165) is 17.1 Å². The van der Waals surface area contributed by atoms with Crippen molar-refractivity contribution in [2.24, 2.45) is 4.99 Å². The van der Waals surface area contributed by atoms with E-state index in [2.05, 4.69) is 5.32 Å². The molecule has 4 rings (SSSR count). The molecule has 0 unspecified atom stereocenters. The minimum Gasteiger partial charge on any atom is -0.497 e. The number of amidine groups is 1. The Hall–Kier alpha value is -3.98. The summed E-state index contributed by atoms with van der Waals surface area (Å²) in [5.41, 5.74) is 2.33. The van der Waals surface area contributed by atoms with Gasteiger partial charge in [0.15, 0.2) is 5.17 Å². The van der Waals surface area contributed by atoms with E-state index in [4.69, 9.17) is 19.2 Å². The quantitative estimate of drug-likeness (QED) is 0.409. The first-order chi connectivity index (χ1) is 18.0. The molecule has 0 aliphatic carbocycles. The topological polar surface area (TPSA) is 89.5 Å². The maximum atomic E-state index is 13.4. The SMILES string of the molecule is COc1ccc(CCN2C(=O)[C@@H](CC(=O)Nc3ccccc3OC)SC2=Nc2ccc(OC)cc2)cc1. The Morgan fingerprint density at radius 2 is 1.57 bits per heavy atom. The average Bonchev–Trinajstić information content (AvgIpc) is 3.21. The predicted octanol–water partition coefficient (Wildman–Crippen LogP) is 4.92. The Kier molecular flexibility index (Phi) is 8.68. The van der Waals surface area contributed by atoms with Crippen molar-refractivity contribution in [3.63, 3.8) is 0 Å². The van der Waals surface area contributed by atoms with E-state index < -0.39 is 5.25 Å². The van der Waals surface area contributed by atoms with Gasteiger partial charge in [-0.15, -0.1) is 0 Å². The van der Waals surface area contributed by atoms with Crippen LogP contribution < -0.4 is 19.5 Å². The largest absolute Gasteiger partial charge is 0.497 e. The van der Waals surface area contributed by atoms with E-state index in [9.17, 15) is 9.59 Å². The van der Waals surface area contributed by atoms with Crippen LogP contribution in [0.15, 0.2) is 77.8 Å². The molecule has 192 valence electrons. The van der Waals surface area contributed by atoms with Crippen LogP contribution in [-0.4, -0.2) is 55.0 Å². The monoisotopic (exact) mass is 519 g/mol. The van der Waals surface area contributed by atoms with E-state index in [-0.39, 0.29) is 18.2 Å². The Bertz CT molecular complexity index is 1260. The molecular formula is C28H29N3O5S. The molecule has 1 aliphatic heterocycles. The molecule has 0 bridgehead atoms. The van der Waals surface area contributed by atoms with Gasteiger partial charge in [0.25, 0.3) is 0 Å². The molecular weight excluding hydrogens is 490 g/mol. The van der Waals surface area contributed by atoms with Crippen molar-refractivity contribution in [2.45, 2.75) is 18.1 Å². The number of carbonyl (C=O) groups excluding carboxylic acids is 2. The minimum absolute atomic E-state index is 0.0161. The molecule has 1 fully saturated rings. The van der Waals surface area contributed by atoms with Crippen LogP contribution in [0.3, 0.4) is 0 Å². The molecule has 1 heterocycles. The number of para-hydroxylation sites is 2. The van der Waals surface area contributed by atoms with E-state index in [1.807, 2.05) is 60.7 Å². The maximum Gasteiger partial charge on any atom is 0.242 e. The number of thioether (sulfide) groups is 1. The lowest BCUT2D eigenvalue weighted by Gasteiger charge is -2.17. The highest BCUT2D eigenvalue weighted by Gasteiger charge is 2.39. The summed E-state index contributed by atoms with van der Waals surface area (Å²) < 4.78 is 15.8. The first kappa shape index (κ1) is 26.1. The van der Waals surface area contributed by atoms with Crippen molar-refractivity contribution >= 4 is 40.1 Å². The number of aliphatic imine (C=N–C) groups is 1. The zero-order chi connectivity index (χ0) is 26.2. The molecule has 3 aromatic carbocycles. The van der Waals surface area contributed by atoms with E-state index in [0.29, 0.717) is 35.3 Å². The second-order valence-corrected chi connectivity index (χ2v) is 9.41. The number of amides is 2. The normalized spacial score (nSPS) is 16.1. The summed E-state index contributed by atoms with van der Waals surface area (Å²) in [6, 6.07) is 22.2. The van der Waals surface area contributed by atoms with Crippen LogP contribution in [0, 0.1) is 0 Å². The van der Waals surface area contributed by atoms with Crippen LogP contribution in [0.5, 0.6) is 17.2 Å². The molecule has 9 heteroatoms. The molecule has 37 heavy (non-hydrogen) atoms. The molecule has 0 aromatic heterocycles. The van der Waals surface area contributed by atoms with Crippen molar-refractivity contribution in [2.75, 3.05) is 33.2 Å². The van der Waals surface area contributed by atoms with Gasteiger partial charge in [-0.05, 0) is 60.5 Å². The van der Waals surface area contributed by atoms with Gasteiger partial charge in [0, 0.05) is 13.0 Å². The van der Waals surface area contributed by atoms with Gasteiger partial charge in [-0.2, -0.15) is 0 Å². The fourth-order valence-electron chi connectivity index (χ4n) is 3.85. The lowest BCUT2D eigenvalue weighted by atomic mass is 10.1. The average molecular weight is 520 g/mol. The number of carbonyl (C=O) groups is 2. The van der Waals surface area contributed by atoms with Crippen molar-refractivity contribution in [1.82, 2.24) is 4.90 Å². The van der Waals surface area contributed by atoms with Crippen molar-refractivity contribution in [1.29, 1.82) is 0 Å². The van der Waals surface area contributed by atoms with Crippen molar-refractivity contribution in [3.05, 3.63) is 78.4 Å². The van der Waals surface area contributed by atoms with Gasteiger partial charge in [0.05, 0.1) is 32.7 Å². The summed E-state index contributed by atoms with van der Waals surface area (Å²) in [6.45, 7) is 0.442. The first-order valence-corrected chi connectivity index (χ1v) is 12.6. The van der Waals surface area contributed by atoms with Gasteiger partial charge in [0.1, 0.15) is 22.5 Å². The predicted molar refractivity (Wildman–Crippen MR) is 146 cm³/mol. The first-order valence-electron chi connectivity index (χ1n) is 11.8. The van der Waals surface area contributed by atoms with Gasteiger partial charge in [-0.1, -0.05) is 36.0 Å². The number of rotatable bonds is 10. The lowest BCUT2D eigenvalue weighted by molar-refractivity contribution is -0.128. The van der Waals surface area contributed by atoms with Gasteiger partial charge in [0.2, 0.25) is 11.8 Å². The summed E-state index contributed by atoms with van der Waals surface area (Å²) in [5, 5.41) is 2.84. The summed E-state index contributed by atoms with van der Waals surface area (Å²) in [5.74, 6) is 1.65. The molecule has 8 nitrogen and oxygen atoms in total. The van der Waals surface area contributed by atoms with Crippen LogP contribution in [0.4, 0.5) is 11.4 Å². The second kappa shape index (κ2) is 12.3. The Labute approximate surface area is 220 Å². The second-order valence-electron chi connectivity index (χ2n) is 8.24. The number of nitrogens with one attached hydrogen (secondary N) is 1. The Morgan fingerprint density at radius 3 is 2.22 bits per heavy atom. The highest BCUT2D eigenvalue weighted by atomic mass is 32.2. The van der Waals surface area contributed by atoms with Crippen molar-refractivity contribution < 1.29 is 23.8 Å².